The van der Waals surface area contributed by atoms with E-state index in [-0.39, 0.29) is 16.8 Å². The summed E-state index contributed by atoms with van der Waals surface area (Å²) in [5, 5.41) is 8.73. The van der Waals surface area contributed by atoms with Crippen molar-refractivity contribution in [3.05, 3.63) is 33.2 Å². The smallest absolute Gasteiger partial charge is 0.337 e. The zero-order valence-electron chi connectivity index (χ0n) is 7.75. The summed E-state index contributed by atoms with van der Waals surface area (Å²) in [6, 6.07) is 1.10. The van der Waals surface area contributed by atoms with Gasteiger partial charge >= 0.3 is 5.97 Å². The van der Waals surface area contributed by atoms with Crippen LogP contribution in [0.5, 0.6) is 0 Å². The van der Waals surface area contributed by atoms with Crippen molar-refractivity contribution < 1.29 is 14.7 Å². The van der Waals surface area contributed by atoms with E-state index in [4.69, 9.17) is 5.11 Å². The first-order chi connectivity index (χ1) is 6.43. The lowest BCUT2D eigenvalue weighted by molar-refractivity contribution is 0.0695. The Hall–Kier alpha value is -1.91. The zero-order valence-corrected chi connectivity index (χ0v) is 7.75. The second kappa shape index (κ2) is 3.45. The van der Waals surface area contributed by atoms with Crippen molar-refractivity contribution >= 4 is 11.8 Å². The van der Waals surface area contributed by atoms with Crippen molar-refractivity contribution in [1.82, 2.24) is 4.98 Å². The van der Waals surface area contributed by atoms with Crippen LogP contribution in [0.15, 0.2) is 10.9 Å². The lowest BCUT2D eigenvalue weighted by atomic mass is 10.1. The Balaban J connectivity index is 3.50. The van der Waals surface area contributed by atoms with Crippen molar-refractivity contribution in [2.45, 2.75) is 13.8 Å². The number of ketones is 1. The average Bonchev–Trinajstić information content (AvgIpc) is 2.02. The highest BCUT2D eigenvalue weighted by Gasteiger charge is 2.13. The van der Waals surface area contributed by atoms with Crippen molar-refractivity contribution in [1.29, 1.82) is 0 Å². The van der Waals surface area contributed by atoms with Crippen molar-refractivity contribution in [3.63, 3.8) is 0 Å². The number of pyridine rings is 1. The van der Waals surface area contributed by atoms with Crippen LogP contribution in [0, 0.1) is 6.92 Å². The molecule has 14 heavy (non-hydrogen) atoms. The summed E-state index contributed by atoms with van der Waals surface area (Å²) in [4.78, 5) is 35.1. The standard InChI is InChI=1S/C9H9NO4/c1-4-6(9(13)14)3-7(5(2)11)8(12)10-4/h3H,1-2H3,(H,10,12)(H,13,14). The predicted molar refractivity (Wildman–Crippen MR) is 48.8 cm³/mol. The topological polar surface area (TPSA) is 87.2 Å². The lowest BCUT2D eigenvalue weighted by Crippen LogP contribution is -2.19. The molecule has 0 saturated carbocycles. The van der Waals surface area contributed by atoms with Crippen LogP contribution in [0.2, 0.25) is 0 Å². The fourth-order valence-corrected chi connectivity index (χ4v) is 1.11. The number of rotatable bonds is 2. The molecule has 0 radical (unpaired) electrons. The van der Waals surface area contributed by atoms with Gasteiger partial charge in [0.1, 0.15) is 0 Å². The van der Waals surface area contributed by atoms with Gasteiger partial charge in [0.2, 0.25) is 0 Å². The summed E-state index contributed by atoms with van der Waals surface area (Å²) in [6.45, 7) is 2.68. The van der Waals surface area contributed by atoms with Gasteiger partial charge in [0.25, 0.3) is 5.56 Å². The highest BCUT2D eigenvalue weighted by atomic mass is 16.4. The van der Waals surface area contributed by atoms with Gasteiger partial charge < -0.3 is 10.1 Å². The summed E-state index contributed by atoms with van der Waals surface area (Å²) in [5.74, 6) is -1.62. The van der Waals surface area contributed by atoms with E-state index in [1.54, 1.807) is 0 Å². The number of carbonyl (C=O) groups is 2. The summed E-state index contributed by atoms with van der Waals surface area (Å²) < 4.78 is 0. The minimum atomic E-state index is -1.17. The number of hydrogen-bond donors (Lipinski definition) is 2. The van der Waals surface area contributed by atoms with E-state index in [1.165, 1.54) is 13.8 Å². The molecule has 0 spiro atoms. The van der Waals surface area contributed by atoms with E-state index in [2.05, 4.69) is 4.98 Å². The van der Waals surface area contributed by atoms with Crippen molar-refractivity contribution in [2.75, 3.05) is 0 Å². The van der Waals surface area contributed by atoms with Crippen LogP contribution >= 0.6 is 0 Å². The Morgan fingerprint density at radius 1 is 1.36 bits per heavy atom. The second-order valence-electron chi connectivity index (χ2n) is 2.91. The van der Waals surface area contributed by atoms with Gasteiger partial charge in [-0.2, -0.15) is 0 Å². The minimum Gasteiger partial charge on any atom is -0.478 e. The van der Waals surface area contributed by atoms with E-state index < -0.39 is 17.3 Å². The summed E-state index contributed by atoms with van der Waals surface area (Å²) in [7, 11) is 0. The summed E-state index contributed by atoms with van der Waals surface area (Å²) >= 11 is 0. The molecule has 1 heterocycles. The van der Waals surface area contributed by atoms with Gasteiger partial charge in [-0.15, -0.1) is 0 Å². The van der Waals surface area contributed by atoms with Crippen LogP contribution in [0.1, 0.15) is 33.3 Å². The Labute approximate surface area is 79.4 Å². The average molecular weight is 195 g/mol. The van der Waals surface area contributed by atoms with Crippen molar-refractivity contribution in [2.24, 2.45) is 0 Å². The van der Waals surface area contributed by atoms with E-state index in [0.29, 0.717) is 0 Å². The molecule has 0 saturated heterocycles. The molecule has 2 N–H and O–H groups in total. The molecule has 0 aromatic carbocycles. The van der Waals surface area contributed by atoms with E-state index in [9.17, 15) is 14.4 Å². The van der Waals surface area contributed by atoms with E-state index in [1.807, 2.05) is 0 Å². The number of nitrogens with one attached hydrogen (secondary N) is 1. The van der Waals surface area contributed by atoms with Crippen LogP contribution in [0.25, 0.3) is 0 Å². The molecular weight excluding hydrogens is 186 g/mol. The van der Waals surface area contributed by atoms with Gasteiger partial charge in [-0.3, -0.25) is 9.59 Å². The SMILES string of the molecule is CC(=O)c1cc(C(=O)O)c(C)[nH]c1=O. The van der Waals surface area contributed by atoms with Gasteiger partial charge in [0.05, 0.1) is 11.1 Å². The van der Waals surface area contributed by atoms with Crippen molar-refractivity contribution in [3.8, 4) is 0 Å². The highest BCUT2D eigenvalue weighted by Crippen LogP contribution is 2.05. The Morgan fingerprint density at radius 3 is 2.36 bits per heavy atom. The molecule has 0 aliphatic rings. The first-order valence-corrected chi connectivity index (χ1v) is 3.91. The molecule has 74 valence electrons. The van der Waals surface area contributed by atoms with Crippen LogP contribution in [-0.4, -0.2) is 21.8 Å². The summed E-state index contributed by atoms with van der Waals surface area (Å²) in [6.07, 6.45) is 0. The van der Waals surface area contributed by atoms with Crippen LogP contribution in [0.3, 0.4) is 0 Å². The number of Topliss-reactive ketones (excluding diaryl/α,β-unsaturated/α-hetero) is 1. The third-order valence-electron chi connectivity index (χ3n) is 1.85. The number of H-pyrrole nitrogens is 1. The van der Waals surface area contributed by atoms with Gasteiger partial charge in [-0.05, 0) is 19.9 Å². The Kier molecular flexibility index (Phi) is 2.51. The minimum absolute atomic E-state index is 0.0604. The third-order valence-corrected chi connectivity index (χ3v) is 1.85. The fraction of sp³-hybridized carbons (Fsp3) is 0.222. The highest BCUT2D eigenvalue weighted by molar-refractivity contribution is 5.97. The molecule has 0 unspecified atom stereocenters. The van der Waals surface area contributed by atoms with Gasteiger partial charge in [-0.1, -0.05) is 0 Å². The van der Waals surface area contributed by atoms with Crippen LogP contribution < -0.4 is 5.56 Å². The normalized spacial score (nSPS) is 9.86. The van der Waals surface area contributed by atoms with E-state index in [0.717, 1.165) is 6.07 Å². The monoisotopic (exact) mass is 195 g/mol. The molecule has 0 amide bonds. The number of hydrogen-bond acceptors (Lipinski definition) is 3. The molecule has 1 rings (SSSR count). The van der Waals surface area contributed by atoms with Gasteiger partial charge in [0.15, 0.2) is 5.78 Å². The number of carboxylic acids is 1. The molecule has 5 nitrogen and oxygen atoms in total. The maximum atomic E-state index is 11.2. The Bertz CT molecular complexity index is 458. The Morgan fingerprint density at radius 2 is 1.93 bits per heavy atom. The van der Waals surface area contributed by atoms with E-state index >= 15 is 0 Å². The van der Waals surface area contributed by atoms with Gasteiger partial charge in [0, 0.05) is 5.69 Å². The largest absolute Gasteiger partial charge is 0.478 e. The number of aryl methyl sites for hydroxylation is 1. The number of aromatic nitrogens is 1. The third kappa shape index (κ3) is 1.71. The second-order valence-corrected chi connectivity index (χ2v) is 2.91. The molecule has 5 heteroatoms. The molecule has 0 bridgehead atoms. The first-order valence-electron chi connectivity index (χ1n) is 3.91. The quantitative estimate of drug-likeness (QED) is 0.676. The molecule has 1 aromatic heterocycles. The zero-order chi connectivity index (χ0) is 10.9. The number of aromatic amines is 1. The summed E-state index contributed by atoms with van der Waals surface area (Å²) in [5.41, 5.74) is -0.504. The molecule has 0 atom stereocenters. The maximum absolute atomic E-state index is 11.2. The van der Waals surface area contributed by atoms with Crippen LogP contribution in [-0.2, 0) is 0 Å². The number of carboxylic acid groups (broad SMARTS) is 1. The van der Waals surface area contributed by atoms with Crippen LogP contribution in [0.4, 0.5) is 0 Å². The maximum Gasteiger partial charge on any atom is 0.337 e. The molecular formula is C9H9NO4. The lowest BCUT2D eigenvalue weighted by Gasteiger charge is -2.01. The first kappa shape index (κ1) is 10.2. The van der Waals surface area contributed by atoms with Gasteiger partial charge in [-0.25, -0.2) is 4.79 Å². The molecule has 1 aromatic rings. The number of aromatic carboxylic acids is 1. The fourth-order valence-electron chi connectivity index (χ4n) is 1.11. The number of carbonyl (C=O) groups excluding carboxylic acids is 1. The predicted octanol–water partition coefficient (Wildman–Crippen LogP) is 0.584. The molecule has 0 aliphatic carbocycles. The molecule has 0 fully saturated rings. The molecule has 0 aliphatic heterocycles.